The molecule has 4 nitrogen and oxygen atoms in total. The van der Waals surface area contributed by atoms with Crippen LogP contribution in [-0.2, 0) is 11.3 Å². The predicted octanol–water partition coefficient (Wildman–Crippen LogP) is 1.55. The quantitative estimate of drug-likeness (QED) is 0.810. The first kappa shape index (κ1) is 14.3. The van der Waals surface area contributed by atoms with Gasteiger partial charge in [0, 0.05) is 44.8 Å². The van der Waals surface area contributed by atoms with Crippen molar-refractivity contribution in [3.05, 3.63) is 29.3 Å². The molecule has 0 bridgehead atoms. The Labute approximate surface area is 115 Å². The minimum Gasteiger partial charge on any atom is -0.399 e. The zero-order chi connectivity index (χ0) is 13.9. The molecule has 0 aromatic heterocycles. The second-order valence-corrected chi connectivity index (χ2v) is 5.64. The Kier molecular flexibility index (Phi) is 4.45. The molecule has 0 spiro atoms. The van der Waals surface area contributed by atoms with Crippen molar-refractivity contribution in [2.45, 2.75) is 31.9 Å². The smallest absolute Gasteiger partial charge is 0.0817 e. The van der Waals surface area contributed by atoms with Gasteiger partial charge in [-0.2, -0.15) is 0 Å². The van der Waals surface area contributed by atoms with E-state index in [9.17, 15) is 5.11 Å². The molecule has 0 aliphatic carbocycles. The summed E-state index contributed by atoms with van der Waals surface area (Å²) in [5.74, 6) is 0. The minimum atomic E-state index is -0.610. The van der Waals surface area contributed by atoms with Gasteiger partial charge in [0.15, 0.2) is 0 Å². The number of anilines is 1. The first-order chi connectivity index (χ1) is 9.00. The summed E-state index contributed by atoms with van der Waals surface area (Å²) in [6.07, 6.45) is 1.43. The molecule has 0 saturated carbocycles. The lowest BCUT2D eigenvalue weighted by Crippen LogP contribution is -2.45. The average Bonchev–Trinajstić information content (AvgIpc) is 2.35. The highest BCUT2D eigenvalue weighted by Gasteiger charge is 2.30. The SMILES string of the molecule is Cc1c(N)cccc1CN(C)CC1(O)CCOCC1. The summed E-state index contributed by atoms with van der Waals surface area (Å²) in [7, 11) is 2.04. The Morgan fingerprint density at radius 2 is 2.05 bits per heavy atom. The molecule has 1 aromatic carbocycles. The highest BCUT2D eigenvalue weighted by atomic mass is 16.5. The Morgan fingerprint density at radius 1 is 1.37 bits per heavy atom. The lowest BCUT2D eigenvalue weighted by atomic mass is 9.93. The van der Waals surface area contributed by atoms with E-state index in [2.05, 4.69) is 11.0 Å². The number of hydrogen-bond donors (Lipinski definition) is 2. The van der Waals surface area contributed by atoms with Gasteiger partial charge in [-0.1, -0.05) is 12.1 Å². The summed E-state index contributed by atoms with van der Waals surface area (Å²) in [4.78, 5) is 2.16. The molecule has 19 heavy (non-hydrogen) atoms. The Morgan fingerprint density at radius 3 is 2.74 bits per heavy atom. The second-order valence-electron chi connectivity index (χ2n) is 5.64. The molecule has 0 atom stereocenters. The van der Waals surface area contributed by atoms with Crippen molar-refractivity contribution in [3.63, 3.8) is 0 Å². The monoisotopic (exact) mass is 264 g/mol. The van der Waals surface area contributed by atoms with Crippen LogP contribution in [0.1, 0.15) is 24.0 Å². The van der Waals surface area contributed by atoms with E-state index in [1.807, 2.05) is 26.1 Å². The molecule has 1 aliphatic heterocycles. The first-order valence-electron chi connectivity index (χ1n) is 6.83. The molecule has 3 N–H and O–H groups in total. The van der Waals surface area contributed by atoms with E-state index >= 15 is 0 Å². The van der Waals surface area contributed by atoms with Crippen LogP contribution >= 0.6 is 0 Å². The third kappa shape index (κ3) is 3.69. The fourth-order valence-electron chi connectivity index (χ4n) is 2.63. The Balaban J connectivity index is 1.97. The highest BCUT2D eigenvalue weighted by Crippen LogP contribution is 2.23. The molecule has 1 aromatic rings. The van der Waals surface area contributed by atoms with Gasteiger partial charge in [-0.3, -0.25) is 4.90 Å². The number of nitrogen functional groups attached to an aromatic ring is 1. The van der Waals surface area contributed by atoms with Crippen molar-refractivity contribution in [1.82, 2.24) is 4.90 Å². The molecule has 0 amide bonds. The summed E-state index contributed by atoms with van der Waals surface area (Å²) in [5.41, 5.74) is 8.49. The second kappa shape index (κ2) is 5.90. The lowest BCUT2D eigenvalue weighted by Gasteiger charge is -2.35. The summed E-state index contributed by atoms with van der Waals surface area (Å²) in [6, 6.07) is 6.00. The largest absolute Gasteiger partial charge is 0.399 e. The van der Waals surface area contributed by atoms with Gasteiger partial charge in [-0.05, 0) is 31.2 Å². The van der Waals surface area contributed by atoms with E-state index in [-0.39, 0.29) is 0 Å². The highest BCUT2D eigenvalue weighted by molar-refractivity contribution is 5.49. The van der Waals surface area contributed by atoms with Crippen molar-refractivity contribution in [3.8, 4) is 0 Å². The average molecular weight is 264 g/mol. The molecular weight excluding hydrogens is 240 g/mol. The molecular formula is C15H24N2O2. The number of rotatable bonds is 4. The molecule has 4 heteroatoms. The number of nitrogens with zero attached hydrogens (tertiary/aromatic N) is 1. The number of benzene rings is 1. The normalized spacial score (nSPS) is 18.7. The van der Waals surface area contributed by atoms with Crippen LogP contribution < -0.4 is 5.73 Å². The molecule has 1 heterocycles. The summed E-state index contributed by atoms with van der Waals surface area (Å²) in [6.45, 7) is 4.83. The van der Waals surface area contributed by atoms with Crippen molar-refractivity contribution >= 4 is 5.69 Å². The van der Waals surface area contributed by atoms with Crippen LogP contribution in [0.4, 0.5) is 5.69 Å². The maximum atomic E-state index is 10.5. The van der Waals surface area contributed by atoms with E-state index < -0.39 is 5.60 Å². The van der Waals surface area contributed by atoms with Crippen LogP contribution in [0.25, 0.3) is 0 Å². The summed E-state index contributed by atoms with van der Waals surface area (Å²) >= 11 is 0. The molecule has 106 valence electrons. The van der Waals surface area contributed by atoms with E-state index in [4.69, 9.17) is 10.5 Å². The van der Waals surface area contributed by atoms with Gasteiger partial charge in [-0.15, -0.1) is 0 Å². The van der Waals surface area contributed by atoms with Crippen LogP contribution in [0.2, 0.25) is 0 Å². The number of hydrogen-bond acceptors (Lipinski definition) is 4. The van der Waals surface area contributed by atoms with Gasteiger partial charge in [0.05, 0.1) is 5.60 Å². The van der Waals surface area contributed by atoms with Gasteiger partial charge < -0.3 is 15.6 Å². The van der Waals surface area contributed by atoms with Gasteiger partial charge in [0.25, 0.3) is 0 Å². The number of ether oxygens (including phenoxy) is 1. The Hall–Kier alpha value is -1.10. The van der Waals surface area contributed by atoms with Gasteiger partial charge in [0.1, 0.15) is 0 Å². The van der Waals surface area contributed by atoms with Crippen molar-refractivity contribution in [1.29, 1.82) is 0 Å². The molecule has 1 fully saturated rings. The van der Waals surface area contributed by atoms with Gasteiger partial charge >= 0.3 is 0 Å². The zero-order valence-corrected chi connectivity index (χ0v) is 11.9. The van der Waals surface area contributed by atoms with Gasteiger partial charge in [0.2, 0.25) is 0 Å². The summed E-state index contributed by atoms with van der Waals surface area (Å²) < 4.78 is 5.30. The van der Waals surface area contributed by atoms with Crippen LogP contribution in [-0.4, -0.2) is 42.4 Å². The van der Waals surface area contributed by atoms with E-state index in [0.717, 1.165) is 17.8 Å². The molecule has 0 unspecified atom stereocenters. The standard InChI is InChI=1S/C15H24N2O2/c1-12-13(4-3-5-14(12)16)10-17(2)11-15(18)6-8-19-9-7-15/h3-5,18H,6-11,16H2,1-2H3. The van der Waals surface area contributed by atoms with E-state index in [0.29, 0.717) is 32.6 Å². The Bertz CT molecular complexity index is 428. The lowest BCUT2D eigenvalue weighted by molar-refractivity contribution is -0.0777. The maximum absolute atomic E-state index is 10.5. The van der Waals surface area contributed by atoms with Crippen LogP contribution in [0.3, 0.4) is 0 Å². The van der Waals surface area contributed by atoms with Crippen LogP contribution in [0.15, 0.2) is 18.2 Å². The van der Waals surface area contributed by atoms with Gasteiger partial charge in [-0.25, -0.2) is 0 Å². The topological polar surface area (TPSA) is 58.7 Å². The zero-order valence-electron chi connectivity index (χ0n) is 11.9. The predicted molar refractivity (Wildman–Crippen MR) is 76.9 cm³/mol. The molecule has 1 aliphatic rings. The maximum Gasteiger partial charge on any atom is 0.0817 e. The molecule has 1 saturated heterocycles. The fraction of sp³-hybridized carbons (Fsp3) is 0.600. The van der Waals surface area contributed by atoms with Crippen LogP contribution in [0.5, 0.6) is 0 Å². The molecule has 0 radical (unpaired) electrons. The summed E-state index contributed by atoms with van der Waals surface area (Å²) in [5, 5.41) is 10.5. The van der Waals surface area contributed by atoms with Crippen molar-refractivity contribution in [2.24, 2.45) is 0 Å². The third-order valence-corrected chi connectivity index (χ3v) is 3.92. The molecule has 2 rings (SSSR count). The van der Waals surface area contributed by atoms with Crippen LogP contribution in [0, 0.1) is 6.92 Å². The van der Waals surface area contributed by atoms with E-state index in [1.165, 1.54) is 5.56 Å². The number of likely N-dealkylation sites (N-methyl/N-ethyl adjacent to an activating group) is 1. The van der Waals surface area contributed by atoms with Crippen molar-refractivity contribution < 1.29 is 9.84 Å². The first-order valence-corrected chi connectivity index (χ1v) is 6.83. The third-order valence-electron chi connectivity index (χ3n) is 3.92. The number of nitrogens with two attached hydrogens (primary N) is 1. The van der Waals surface area contributed by atoms with Crippen molar-refractivity contribution in [2.75, 3.05) is 32.5 Å². The minimum absolute atomic E-state index is 0.610. The van der Waals surface area contributed by atoms with E-state index in [1.54, 1.807) is 0 Å². The number of aliphatic hydroxyl groups is 1. The fourth-order valence-corrected chi connectivity index (χ4v) is 2.63.